The number of aliphatic hydroxyl groups excluding tert-OH is 1. The van der Waals surface area contributed by atoms with Crippen LogP contribution in [0.2, 0.25) is 5.02 Å². The van der Waals surface area contributed by atoms with E-state index in [1.165, 1.54) is 7.11 Å². The van der Waals surface area contributed by atoms with Crippen molar-refractivity contribution >= 4 is 17.4 Å². The quantitative estimate of drug-likeness (QED) is 0.875. The van der Waals surface area contributed by atoms with Crippen molar-refractivity contribution in [3.8, 4) is 6.01 Å². The molecule has 0 spiro atoms. The van der Waals surface area contributed by atoms with Crippen LogP contribution in [0.3, 0.4) is 0 Å². The third kappa shape index (κ3) is 3.68. The molecule has 1 fully saturated rings. The third-order valence-corrected chi connectivity index (χ3v) is 3.34. The van der Waals surface area contributed by atoms with Crippen molar-refractivity contribution in [3.63, 3.8) is 0 Å². The van der Waals surface area contributed by atoms with E-state index < -0.39 is 0 Å². The Balaban J connectivity index is 1.97. The van der Waals surface area contributed by atoms with Gasteiger partial charge >= 0.3 is 6.01 Å². The molecule has 19 heavy (non-hydrogen) atoms. The molecule has 1 aliphatic heterocycles. The zero-order valence-corrected chi connectivity index (χ0v) is 11.6. The first-order valence-corrected chi connectivity index (χ1v) is 6.66. The molecule has 0 radical (unpaired) electrons. The molecule has 106 valence electrons. The number of aromatic nitrogens is 2. The Hall–Kier alpha value is -1.11. The molecule has 1 aliphatic rings. The fourth-order valence-electron chi connectivity index (χ4n) is 2.12. The van der Waals surface area contributed by atoms with Gasteiger partial charge in [-0.2, -0.15) is 4.98 Å². The van der Waals surface area contributed by atoms with Gasteiger partial charge in [0.05, 0.1) is 32.6 Å². The number of hydrogen-bond donors (Lipinski definition) is 1. The number of piperidine rings is 1. The Kier molecular flexibility index (Phi) is 5.18. The molecule has 0 amide bonds. The van der Waals surface area contributed by atoms with Crippen molar-refractivity contribution in [3.05, 3.63) is 11.2 Å². The number of methoxy groups -OCH3 is 1. The van der Waals surface area contributed by atoms with Crippen molar-refractivity contribution < 1.29 is 14.6 Å². The number of ether oxygens (including phenoxy) is 2. The molecule has 1 N–H and O–H groups in total. The summed E-state index contributed by atoms with van der Waals surface area (Å²) in [7, 11) is 1.53. The summed E-state index contributed by atoms with van der Waals surface area (Å²) in [5.74, 6) is 0.703. The van der Waals surface area contributed by atoms with Gasteiger partial charge in [-0.25, -0.2) is 4.98 Å². The highest BCUT2D eigenvalue weighted by Gasteiger charge is 2.22. The molecule has 0 aromatic carbocycles. The summed E-state index contributed by atoms with van der Waals surface area (Å²) in [5, 5.41) is 9.26. The van der Waals surface area contributed by atoms with Crippen LogP contribution in [0.25, 0.3) is 0 Å². The van der Waals surface area contributed by atoms with Crippen molar-refractivity contribution in [1.29, 1.82) is 0 Å². The topological polar surface area (TPSA) is 67.7 Å². The van der Waals surface area contributed by atoms with E-state index >= 15 is 0 Å². The number of rotatable bonds is 5. The average Bonchev–Trinajstić information content (AvgIpc) is 2.46. The fraction of sp³-hybridized carbons (Fsp3) is 0.667. The van der Waals surface area contributed by atoms with Crippen molar-refractivity contribution in [2.45, 2.75) is 18.9 Å². The Morgan fingerprint density at radius 3 is 2.84 bits per heavy atom. The van der Waals surface area contributed by atoms with E-state index in [9.17, 15) is 0 Å². The van der Waals surface area contributed by atoms with E-state index in [0.29, 0.717) is 23.5 Å². The van der Waals surface area contributed by atoms with Crippen LogP contribution in [0.15, 0.2) is 6.20 Å². The molecule has 1 aromatic rings. The van der Waals surface area contributed by atoms with Gasteiger partial charge in [0.25, 0.3) is 0 Å². The van der Waals surface area contributed by atoms with Crippen LogP contribution in [-0.2, 0) is 4.74 Å². The predicted octanol–water partition coefficient (Wildman–Crippen LogP) is 1.12. The predicted molar refractivity (Wildman–Crippen MR) is 71.9 cm³/mol. The summed E-state index contributed by atoms with van der Waals surface area (Å²) >= 11 is 6.12. The smallest absolute Gasteiger partial charge is 0.318 e. The van der Waals surface area contributed by atoms with E-state index in [1.54, 1.807) is 6.20 Å². The molecule has 0 saturated carbocycles. The molecule has 7 heteroatoms. The fourth-order valence-corrected chi connectivity index (χ4v) is 2.33. The van der Waals surface area contributed by atoms with Gasteiger partial charge in [-0.15, -0.1) is 0 Å². The molecule has 0 unspecified atom stereocenters. The Bertz CT molecular complexity index is 411. The first kappa shape index (κ1) is 14.3. The highest BCUT2D eigenvalue weighted by molar-refractivity contribution is 6.32. The minimum atomic E-state index is 0.0646. The lowest BCUT2D eigenvalue weighted by Crippen LogP contribution is -2.38. The van der Waals surface area contributed by atoms with Gasteiger partial charge in [-0.05, 0) is 12.8 Å². The summed E-state index contributed by atoms with van der Waals surface area (Å²) in [4.78, 5) is 10.3. The molecule has 0 aliphatic carbocycles. The first-order valence-electron chi connectivity index (χ1n) is 6.28. The van der Waals surface area contributed by atoms with Gasteiger partial charge in [-0.3, -0.25) is 0 Å². The second-order valence-corrected chi connectivity index (χ2v) is 4.72. The molecule has 0 atom stereocenters. The van der Waals surface area contributed by atoms with E-state index in [1.807, 2.05) is 0 Å². The standard InChI is InChI=1S/C12H18ClN3O3/c1-18-12-14-8-10(13)11(15-12)16-4-2-9(3-5-16)19-7-6-17/h8-9,17H,2-7H2,1H3. The number of nitrogens with zero attached hydrogens (tertiary/aromatic N) is 3. The van der Waals surface area contributed by atoms with Crippen LogP contribution >= 0.6 is 11.6 Å². The van der Waals surface area contributed by atoms with Crippen LogP contribution in [0.1, 0.15) is 12.8 Å². The van der Waals surface area contributed by atoms with Crippen LogP contribution in [-0.4, -0.2) is 54.6 Å². The maximum atomic E-state index is 8.74. The second kappa shape index (κ2) is 6.88. The van der Waals surface area contributed by atoms with Gasteiger partial charge in [0, 0.05) is 13.1 Å². The lowest BCUT2D eigenvalue weighted by Gasteiger charge is -2.33. The molecule has 2 rings (SSSR count). The van der Waals surface area contributed by atoms with Gasteiger partial charge < -0.3 is 19.5 Å². The van der Waals surface area contributed by atoms with Gasteiger partial charge in [0.1, 0.15) is 5.02 Å². The maximum Gasteiger partial charge on any atom is 0.318 e. The van der Waals surface area contributed by atoms with Crippen LogP contribution in [0.5, 0.6) is 6.01 Å². The number of hydrogen-bond acceptors (Lipinski definition) is 6. The zero-order chi connectivity index (χ0) is 13.7. The molecule has 6 nitrogen and oxygen atoms in total. The third-order valence-electron chi connectivity index (χ3n) is 3.07. The molecule has 2 heterocycles. The number of anilines is 1. The molecule has 0 bridgehead atoms. The van der Waals surface area contributed by atoms with Crippen molar-refractivity contribution in [1.82, 2.24) is 9.97 Å². The van der Waals surface area contributed by atoms with Crippen LogP contribution in [0, 0.1) is 0 Å². The SMILES string of the molecule is COc1ncc(Cl)c(N2CCC(OCCO)CC2)n1. The minimum Gasteiger partial charge on any atom is -0.467 e. The second-order valence-electron chi connectivity index (χ2n) is 4.31. The van der Waals surface area contributed by atoms with E-state index in [4.69, 9.17) is 26.2 Å². The van der Waals surface area contributed by atoms with Gasteiger partial charge in [-0.1, -0.05) is 11.6 Å². The lowest BCUT2D eigenvalue weighted by molar-refractivity contribution is 0.0158. The summed E-state index contributed by atoms with van der Waals surface area (Å²) in [6.45, 7) is 2.09. The highest BCUT2D eigenvalue weighted by atomic mass is 35.5. The monoisotopic (exact) mass is 287 g/mol. The number of halogens is 1. The van der Waals surface area contributed by atoms with E-state index in [-0.39, 0.29) is 12.7 Å². The number of aliphatic hydroxyl groups is 1. The first-order chi connectivity index (χ1) is 9.24. The van der Waals surface area contributed by atoms with Gasteiger partial charge in [0.2, 0.25) is 0 Å². The van der Waals surface area contributed by atoms with E-state index in [2.05, 4.69) is 14.9 Å². The molecular formula is C12H18ClN3O3. The Morgan fingerprint density at radius 1 is 1.47 bits per heavy atom. The van der Waals surface area contributed by atoms with Crippen molar-refractivity contribution in [2.24, 2.45) is 0 Å². The van der Waals surface area contributed by atoms with Crippen molar-refractivity contribution in [2.75, 3.05) is 38.3 Å². The zero-order valence-electron chi connectivity index (χ0n) is 10.9. The molecular weight excluding hydrogens is 270 g/mol. The summed E-state index contributed by atoms with van der Waals surface area (Å²) < 4.78 is 10.5. The summed E-state index contributed by atoms with van der Waals surface area (Å²) in [6.07, 6.45) is 3.54. The van der Waals surface area contributed by atoms with Crippen LogP contribution < -0.4 is 9.64 Å². The average molecular weight is 288 g/mol. The summed E-state index contributed by atoms with van der Waals surface area (Å²) in [5.41, 5.74) is 0. The molecule has 1 aromatic heterocycles. The lowest BCUT2D eigenvalue weighted by atomic mass is 10.1. The summed E-state index contributed by atoms with van der Waals surface area (Å²) in [6, 6.07) is 0.318. The van der Waals surface area contributed by atoms with Crippen LogP contribution in [0.4, 0.5) is 5.82 Å². The molecule has 1 saturated heterocycles. The minimum absolute atomic E-state index is 0.0646. The van der Waals surface area contributed by atoms with Gasteiger partial charge in [0.15, 0.2) is 5.82 Å². The maximum absolute atomic E-state index is 8.74. The Labute approximate surface area is 117 Å². The normalized spacial score (nSPS) is 16.7. The van der Waals surface area contributed by atoms with E-state index in [0.717, 1.165) is 25.9 Å². The Morgan fingerprint density at radius 2 is 2.21 bits per heavy atom. The highest BCUT2D eigenvalue weighted by Crippen LogP contribution is 2.27. The largest absolute Gasteiger partial charge is 0.467 e.